The zero-order valence-corrected chi connectivity index (χ0v) is 9.38. The molecule has 13 heavy (non-hydrogen) atoms. The predicted molar refractivity (Wildman–Crippen MR) is 66.1 cm³/mol. The molecular formula is C11H10IN. The van der Waals surface area contributed by atoms with Crippen molar-refractivity contribution in [1.82, 2.24) is 4.98 Å². The third kappa shape index (κ3) is 2.52. The van der Waals surface area contributed by atoms with Crippen molar-refractivity contribution in [3.8, 4) is 0 Å². The van der Waals surface area contributed by atoms with Crippen LogP contribution in [0.4, 0.5) is 0 Å². The van der Waals surface area contributed by atoms with E-state index in [1.54, 1.807) is 0 Å². The molecule has 0 fully saturated rings. The average molecular weight is 283 g/mol. The molecule has 0 aliphatic heterocycles. The van der Waals surface area contributed by atoms with Crippen molar-refractivity contribution in [2.24, 2.45) is 0 Å². The summed E-state index contributed by atoms with van der Waals surface area (Å²) < 4.78 is 0. The van der Waals surface area contributed by atoms with Crippen molar-refractivity contribution >= 4 is 36.1 Å². The number of rotatable bonds is 0. The summed E-state index contributed by atoms with van der Waals surface area (Å²) in [4.78, 5) is 4.25. The van der Waals surface area contributed by atoms with E-state index in [1.165, 1.54) is 0 Å². The molecule has 1 aromatic rings. The second kappa shape index (κ2) is 4.97. The van der Waals surface area contributed by atoms with E-state index in [1.807, 2.05) is 42.6 Å². The van der Waals surface area contributed by atoms with Crippen LogP contribution >= 0.6 is 24.0 Å². The van der Waals surface area contributed by atoms with E-state index in [0.29, 0.717) is 0 Å². The Balaban J connectivity index is 0.000000845. The first-order valence-corrected chi connectivity index (χ1v) is 3.93. The van der Waals surface area contributed by atoms with Crippen LogP contribution in [-0.4, -0.2) is 4.98 Å². The SMILES string of the molecule is C1=C/C=c2/cccn/c2=C/C=C1.I. The van der Waals surface area contributed by atoms with Gasteiger partial charge in [0, 0.05) is 11.4 Å². The second-order valence-corrected chi connectivity index (χ2v) is 2.58. The lowest BCUT2D eigenvalue weighted by molar-refractivity contribution is 1.22. The Morgan fingerprint density at radius 1 is 0.923 bits per heavy atom. The molecule has 0 spiro atoms. The number of halogens is 1. The van der Waals surface area contributed by atoms with Crippen LogP contribution in [0.3, 0.4) is 0 Å². The number of pyridine rings is 1. The molecule has 2 heteroatoms. The molecule has 1 nitrogen and oxygen atoms in total. The molecule has 2 rings (SSSR count). The van der Waals surface area contributed by atoms with Gasteiger partial charge < -0.3 is 0 Å². The summed E-state index contributed by atoms with van der Waals surface area (Å²) in [6, 6.07) is 4.00. The molecule has 0 saturated carbocycles. The lowest BCUT2D eigenvalue weighted by atomic mass is 10.2. The first-order chi connectivity index (χ1) is 5.97. The van der Waals surface area contributed by atoms with Crippen molar-refractivity contribution < 1.29 is 0 Å². The van der Waals surface area contributed by atoms with Gasteiger partial charge in [0.1, 0.15) is 0 Å². The molecule has 0 bridgehead atoms. The van der Waals surface area contributed by atoms with Gasteiger partial charge in [-0.3, -0.25) is 4.98 Å². The number of hydrogen-bond donors (Lipinski definition) is 0. The van der Waals surface area contributed by atoms with E-state index >= 15 is 0 Å². The summed E-state index contributed by atoms with van der Waals surface area (Å²) in [6.45, 7) is 0. The second-order valence-electron chi connectivity index (χ2n) is 2.58. The van der Waals surface area contributed by atoms with Gasteiger partial charge >= 0.3 is 0 Å². The van der Waals surface area contributed by atoms with Crippen LogP contribution < -0.4 is 10.6 Å². The summed E-state index contributed by atoms with van der Waals surface area (Å²) in [6.07, 6.45) is 13.9. The Labute approximate surface area is 94.2 Å². The zero-order chi connectivity index (χ0) is 8.23. The normalized spacial score (nSPS) is 17.8. The van der Waals surface area contributed by atoms with Gasteiger partial charge in [-0.25, -0.2) is 0 Å². The van der Waals surface area contributed by atoms with Crippen LogP contribution in [0.5, 0.6) is 0 Å². The summed E-state index contributed by atoms with van der Waals surface area (Å²) in [5, 5.41) is 2.19. The van der Waals surface area contributed by atoms with E-state index < -0.39 is 0 Å². The predicted octanol–water partition coefficient (Wildman–Crippen LogP) is 1.39. The molecule has 0 N–H and O–H groups in total. The summed E-state index contributed by atoms with van der Waals surface area (Å²) in [5.74, 6) is 0. The summed E-state index contributed by atoms with van der Waals surface area (Å²) in [7, 11) is 0. The molecule has 0 amide bonds. The highest BCUT2D eigenvalue weighted by Gasteiger charge is 1.83. The van der Waals surface area contributed by atoms with Gasteiger partial charge in [-0.05, 0) is 12.1 Å². The quantitative estimate of drug-likeness (QED) is 0.656. The molecule has 0 aromatic carbocycles. The lowest BCUT2D eigenvalue weighted by Crippen LogP contribution is -2.26. The lowest BCUT2D eigenvalue weighted by Gasteiger charge is -1.88. The molecule has 1 aromatic heterocycles. The highest BCUT2D eigenvalue weighted by atomic mass is 127. The monoisotopic (exact) mass is 283 g/mol. The Bertz CT molecular complexity index is 400. The highest BCUT2D eigenvalue weighted by molar-refractivity contribution is 14.0. The van der Waals surface area contributed by atoms with Gasteiger partial charge in [0.15, 0.2) is 0 Å². The van der Waals surface area contributed by atoms with Gasteiger partial charge in [-0.2, -0.15) is 0 Å². The van der Waals surface area contributed by atoms with Crippen molar-refractivity contribution in [2.75, 3.05) is 0 Å². The fourth-order valence-corrected chi connectivity index (χ4v) is 1.14. The Morgan fingerprint density at radius 2 is 1.69 bits per heavy atom. The molecular weight excluding hydrogens is 273 g/mol. The Hall–Kier alpha value is -0.900. The van der Waals surface area contributed by atoms with Gasteiger partial charge in [-0.15, -0.1) is 24.0 Å². The molecule has 66 valence electrons. The van der Waals surface area contributed by atoms with Crippen LogP contribution in [0.25, 0.3) is 12.2 Å². The van der Waals surface area contributed by atoms with Crippen LogP contribution in [-0.2, 0) is 0 Å². The maximum atomic E-state index is 4.25. The average Bonchev–Trinajstić information content (AvgIpc) is 2.06. The van der Waals surface area contributed by atoms with Crippen LogP contribution in [0.1, 0.15) is 0 Å². The van der Waals surface area contributed by atoms with E-state index in [4.69, 9.17) is 0 Å². The van der Waals surface area contributed by atoms with Crippen molar-refractivity contribution in [1.29, 1.82) is 0 Å². The topological polar surface area (TPSA) is 12.9 Å². The van der Waals surface area contributed by atoms with E-state index in [0.717, 1.165) is 10.6 Å². The number of nitrogens with zero attached hydrogens (tertiary/aromatic N) is 1. The van der Waals surface area contributed by atoms with E-state index in [9.17, 15) is 0 Å². The third-order valence-corrected chi connectivity index (χ3v) is 1.73. The molecule has 1 aliphatic rings. The number of aromatic nitrogens is 1. The first-order valence-electron chi connectivity index (χ1n) is 3.93. The van der Waals surface area contributed by atoms with Gasteiger partial charge in [0.05, 0.1) is 5.35 Å². The maximum Gasteiger partial charge on any atom is 0.0701 e. The van der Waals surface area contributed by atoms with Crippen LogP contribution in [0, 0.1) is 0 Å². The van der Waals surface area contributed by atoms with E-state index in [-0.39, 0.29) is 24.0 Å². The minimum atomic E-state index is 0. The van der Waals surface area contributed by atoms with Crippen LogP contribution in [0.15, 0.2) is 42.6 Å². The first kappa shape index (κ1) is 10.2. The number of hydrogen-bond acceptors (Lipinski definition) is 1. The molecule has 0 atom stereocenters. The maximum absolute atomic E-state index is 4.25. The summed E-state index contributed by atoms with van der Waals surface area (Å²) in [5.41, 5.74) is 0. The highest BCUT2D eigenvalue weighted by Crippen LogP contribution is 1.82. The van der Waals surface area contributed by atoms with Crippen molar-refractivity contribution in [3.05, 3.63) is 53.2 Å². The standard InChI is InChI=1S/C11H9N.HI/c1-2-4-8-11-10(6-3-1)7-5-9-12-11;/h1-9H;1H/b2-1?,3-1?,4-2?,6-3?,8-4?,10-6-,11-8+;. The van der Waals surface area contributed by atoms with Gasteiger partial charge in [-0.1, -0.05) is 36.4 Å². The van der Waals surface area contributed by atoms with E-state index in [2.05, 4.69) is 17.1 Å². The molecule has 1 heterocycles. The van der Waals surface area contributed by atoms with Gasteiger partial charge in [0.2, 0.25) is 0 Å². The Kier molecular flexibility index (Phi) is 3.89. The fourth-order valence-electron chi connectivity index (χ4n) is 1.14. The molecule has 0 radical (unpaired) electrons. The van der Waals surface area contributed by atoms with Gasteiger partial charge in [0.25, 0.3) is 0 Å². The van der Waals surface area contributed by atoms with Crippen LogP contribution in [0.2, 0.25) is 0 Å². The Morgan fingerprint density at radius 3 is 2.54 bits per heavy atom. The zero-order valence-electron chi connectivity index (χ0n) is 7.05. The minimum Gasteiger partial charge on any atom is -0.256 e. The molecule has 0 saturated heterocycles. The molecule has 0 unspecified atom stereocenters. The van der Waals surface area contributed by atoms with Crippen molar-refractivity contribution in [2.45, 2.75) is 0 Å². The van der Waals surface area contributed by atoms with Crippen molar-refractivity contribution in [3.63, 3.8) is 0 Å². The third-order valence-electron chi connectivity index (χ3n) is 1.73. The summed E-state index contributed by atoms with van der Waals surface area (Å²) >= 11 is 0. The molecule has 1 aliphatic carbocycles. The largest absolute Gasteiger partial charge is 0.256 e. The minimum absolute atomic E-state index is 0. The fraction of sp³-hybridized carbons (Fsp3) is 0. The smallest absolute Gasteiger partial charge is 0.0701 e. The number of allylic oxidation sites excluding steroid dienone is 4. The number of fused-ring (bicyclic) bond motifs is 1.